The summed E-state index contributed by atoms with van der Waals surface area (Å²) in [5.74, 6) is -1.25. The summed E-state index contributed by atoms with van der Waals surface area (Å²) in [7, 11) is -3.51. The van der Waals surface area contributed by atoms with Gasteiger partial charge in [0.25, 0.3) is 21.8 Å². The molecule has 63 heavy (non-hydrogen) atoms. The molecule has 10 rings (SSSR count). The number of amides is 4. The van der Waals surface area contributed by atoms with E-state index in [0.717, 1.165) is 77.8 Å². The van der Waals surface area contributed by atoms with Crippen LogP contribution in [0.3, 0.4) is 0 Å². The number of aromatic nitrogens is 7. The zero-order valence-electron chi connectivity index (χ0n) is 34.8. The van der Waals surface area contributed by atoms with Crippen molar-refractivity contribution < 1.29 is 32.0 Å². The fourth-order valence-corrected chi connectivity index (χ4v) is 10.6. The van der Waals surface area contributed by atoms with E-state index in [9.17, 15) is 27.6 Å². The lowest BCUT2D eigenvalue weighted by molar-refractivity contribution is -0.136. The van der Waals surface area contributed by atoms with Gasteiger partial charge < -0.3 is 10.2 Å². The molecule has 1 aliphatic carbocycles. The lowest BCUT2D eigenvalue weighted by Gasteiger charge is -2.43. The van der Waals surface area contributed by atoms with Gasteiger partial charge in [-0.05, 0) is 69.7 Å². The van der Waals surface area contributed by atoms with E-state index in [1.54, 1.807) is 18.3 Å². The zero-order chi connectivity index (χ0) is 43.7. The number of carbonyl (C=O) groups excluding carboxylic acids is 4. The highest BCUT2D eigenvalue weighted by atomic mass is 32.2. The molecule has 0 bridgehead atoms. The van der Waals surface area contributed by atoms with Crippen molar-refractivity contribution in [1.82, 2.24) is 53.9 Å². The van der Waals surface area contributed by atoms with Crippen LogP contribution in [0.25, 0.3) is 22.3 Å². The highest BCUT2D eigenvalue weighted by molar-refractivity contribution is 7.90. The number of imide groups is 2. The molecule has 1 atom stereocenters. The monoisotopic (exact) mass is 879 g/mol. The number of hydrogen-bond acceptors (Lipinski definition) is 15. The van der Waals surface area contributed by atoms with Gasteiger partial charge in [-0.2, -0.15) is 14.3 Å². The van der Waals surface area contributed by atoms with Gasteiger partial charge in [0.15, 0.2) is 11.6 Å². The molecule has 0 radical (unpaired) electrons. The van der Waals surface area contributed by atoms with Crippen LogP contribution >= 0.6 is 0 Å². The number of piperidine rings is 2. The van der Waals surface area contributed by atoms with E-state index in [1.807, 2.05) is 16.9 Å². The minimum absolute atomic E-state index is 0.00715. The van der Waals surface area contributed by atoms with E-state index in [2.05, 4.69) is 54.2 Å². The van der Waals surface area contributed by atoms with Crippen molar-refractivity contribution in [1.29, 1.82) is 0 Å². The minimum atomic E-state index is -3.51. The average molecular weight is 880 g/mol. The van der Waals surface area contributed by atoms with Crippen LogP contribution in [0, 0.1) is 5.82 Å². The van der Waals surface area contributed by atoms with Crippen molar-refractivity contribution in [2.24, 2.45) is 0 Å². The summed E-state index contributed by atoms with van der Waals surface area (Å²) in [6.07, 6.45) is 9.55. The van der Waals surface area contributed by atoms with Gasteiger partial charge in [0.1, 0.15) is 23.5 Å². The van der Waals surface area contributed by atoms with Crippen LogP contribution in [-0.2, 0) is 26.2 Å². The molecule has 4 aliphatic heterocycles. The van der Waals surface area contributed by atoms with Crippen molar-refractivity contribution in [2.75, 3.05) is 49.5 Å². The molecule has 5 aliphatic rings. The third-order valence-corrected chi connectivity index (χ3v) is 14.7. The van der Waals surface area contributed by atoms with Crippen molar-refractivity contribution in [3.05, 3.63) is 71.6 Å². The van der Waals surface area contributed by atoms with E-state index in [1.165, 1.54) is 18.5 Å². The number of anilines is 3. The Morgan fingerprint density at radius 2 is 1.68 bits per heavy atom. The fourth-order valence-electron chi connectivity index (χ4n) is 9.17. The highest BCUT2D eigenvalue weighted by Gasteiger charge is 2.46. The molecule has 8 heterocycles. The van der Waals surface area contributed by atoms with Crippen molar-refractivity contribution >= 4 is 62.0 Å². The second-order valence-corrected chi connectivity index (χ2v) is 19.2. The molecule has 1 saturated carbocycles. The number of hydrogen-bond donors (Lipinski definition) is 2. The molecule has 5 aromatic rings. The molecule has 4 fully saturated rings. The number of benzene rings is 1. The second kappa shape index (κ2) is 15.9. The number of pyridine rings is 1. The van der Waals surface area contributed by atoms with Crippen LogP contribution in [0.4, 0.5) is 21.8 Å². The van der Waals surface area contributed by atoms with Gasteiger partial charge in [0, 0.05) is 82.8 Å². The van der Waals surface area contributed by atoms with Gasteiger partial charge in [0.05, 0.1) is 45.2 Å². The first-order valence-corrected chi connectivity index (χ1v) is 22.9. The maximum Gasteiger partial charge on any atom is 0.265 e. The first kappa shape index (κ1) is 40.9. The van der Waals surface area contributed by atoms with Crippen LogP contribution in [0.1, 0.15) is 84.7 Å². The van der Waals surface area contributed by atoms with Gasteiger partial charge in [-0.3, -0.25) is 43.9 Å². The maximum atomic E-state index is 15.4. The van der Waals surface area contributed by atoms with Gasteiger partial charge >= 0.3 is 0 Å². The molecule has 1 aromatic carbocycles. The Balaban J connectivity index is 0.756. The van der Waals surface area contributed by atoms with Crippen molar-refractivity contribution in [3.8, 4) is 11.4 Å². The highest BCUT2D eigenvalue weighted by Crippen LogP contribution is 2.35. The van der Waals surface area contributed by atoms with E-state index in [4.69, 9.17) is 10.1 Å². The zero-order valence-corrected chi connectivity index (χ0v) is 35.6. The molecule has 19 nitrogen and oxygen atoms in total. The van der Waals surface area contributed by atoms with Gasteiger partial charge in [0.2, 0.25) is 11.8 Å². The number of nitrogens with one attached hydrogen (secondary N) is 2. The Labute approximate surface area is 361 Å². The van der Waals surface area contributed by atoms with E-state index in [-0.39, 0.29) is 35.3 Å². The summed E-state index contributed by atoms with van der Waals surface area (Å²) in [5, 5.41) is 15.2. The molecular weight excluding hydrogens is 834 g/mol. The van der Waals surface area contributed by atoms with E-state index in [0.29, 0.717) is 54.0 Å². The van der Waals surface area contributed by atoms with Crippen LogP contribution in [0.5, 0.6) is 0 Å². The van der Waals surface area contributed by atoms with Crippen molar-refractivity contribution in [3.63, 3.8) is 0 Å². The van der Waals surface area contributed by atoms with Gasteiger partial charge in [-0.25, -0.2) is 27.8 Å². The number of rotatable bonds is 11. The number of piperazine rings is 1. The third kappa shape index (κ3) is 7.60. The summed E-state index contributed by atoms with van der Waals surface area (Å²) in [5.41, 5.74) is 1.63. The van der Waals surface area contributed by atoms with Crippen LogP contribution in [-0.4, -0.2) is 137 Å². The lowest BCUT2D eigenvalue weighted by atomic mass is 10.0. The third-order valence-electron chi connectivity index (χ3n) is 12.6. The van der Waals surface area contributed by atoms with Crippen LogP contribution in [0.15, 0.2) is 49.1 Å². The molecule has 3 saturated heterocycles. The van der Waals surface area contributed by atoms with Crippen LogP contribution in [0.2, 0.25) is 0 Å². The molecule has 328 valence electrons. The summed E-state index contributed by atoms with van der Waals surface area (Å²) in [4.78, 5) is 72.1. The van der Waals surface area contributed by atoms with E-state index >= 15 is 4.39 Å². The molecule has 2 N–H and O–H groups in total. The standard InChI is InChI=1S/C42H46FN13O6S/c1-24(2)56-33-19-35(47-34-7-10-44-38(48-34)26-20-46-54(23-26)63(61,62)28-3-4-28)45-21-30(33)39(50-56)53-11-8-27(9-12-53)52-15-13-51(14-16-52)22-25-17-29-37(31(43)18-25)42(60)55(41(29)59)32-5-6-36(57)49-40(32)58/h7,10,17-21,23-24,27-28,32H,3-6,8-9,11-16,22H2,1-2H3,(H,49,57,58)(H,44,45,47,48). The summed E-state index contributed by atoms with van der Waals surface area (Å²) in [6.45, 7) is 9.43. The molecule has 4 amide bonds. The quantitative estimate of drug-likeness (QED) is 0.183. The van der Waals surface area contributed by atoms with E-state index < -0.39 is 45.5 Å². The van der Waals surface area contributed by atoms with Gasteiger partial charge in [-0.1, -0.05) is 0 Å². The number of fused-ring (bicyclic) bond motifs is 2. The largest absolute Gasteiger partial charge is 0.354 e. The summed E-state index contributed by atoms with van der Waals surface area (Å²) < 4.78 is 43.7. The molecule has 4 aromatic heterocycles. The Hall–Kier alpha value is -6.19. The Morgan fingerprint density at radius 3 is 2.41 bits per heavy atom. The normalized spacial score (nSPS) is 20.6. The molecule has 0 spiro atoms. The first-order chi connectivity index (χ1) is 30.3. The summed E-state index contributed by atoms with van der Waals surface area (Å²) in [6, 6.07) is 5.88. The molecular formula is C42H46FN13O6S. The van der Waals surface area contributed by atoms with Gasteiger partial charge in [-0.15, -0.1) is 0 Å². The average Bonchev–Trinajstić information content (AvgIpc) is 3.81. The SMILES string of the molecule is CC(C)n1nc(N2CCC(N3CCN(Cc4cc(F)c5c(c4)C(=O)N(C4CCC(=O)NC4=O)C5=O)CC3)CC2)c2cnc(Nc3ccnc(-c4cnn(S(=O)(=O)C5CC5)c4)n3)cc21. The molecule has 21 heteroatoms. The predicted octanol–water partition coefficient (Wildman–Crippen LogP) is 3.08. The number of nitrogens with zero attached hydrogens (tertiary/aromatic N) is 11. The number of halogens is 1. The Kier molecular flexibility index (Phi) is 10.3. The first-order valence-electron chi connectivity index (χ1n) is 21.4. The maximum absolute atomic E-state index is 15.4. The molecule has 1 unspecified atom stereocenters. The minimum Gasteiger partial charge on any atom is -0.354 e. The predicted molar refractivity (Wildman–Crippen MR) is 227 cm³/mol. The Morgan fingerprint density at radius 1 is 0.905 bits per heavy atom. The topological polar surface area (TPSA) is 214 Å². The van der Waals surface area contributed by atoms with Crippen LogP contribution < -0.4 is 15.5 Å². The lowest BCUT2D eigenvalue weighted by Crippen LogP contribution is -2.54. The van der Waals surface area contributed by atoms with Crippen molar-refractivity contribution in [2.45, 2.75) is 82.3 Å². The number of carbonyl (C=O) groups is 4. The second-order valence-electron chi connectivity index (χ2n) is 17.2. The Bertz CT molecular complexity index is 2790. The summed E-state index contributed by atoms with van der Waals surface area (Å²) >= 11 is 0. The smallest absolute Gasteiger partial charge is 0.265 e. The fraction of sp³-hybridized carbons (Fsp3) is 0.452.